The number of aromatic nitrogens is 2. The molecule has 0 fully saturated rings. The Bertz CT molecular complexity index is 1280. The summed E-state index contributed by atoms with van der Waals surface area (Å²) >= 11 is 1.37. The Kier molecular flexibility index (Phi) is 5.35. The van der Waals surface area contributed by atoms with Gasteiger partial charge in [0.15, 0.2) is 5.13 Å². The lowest BCUT2D eigenvalue weighted by Gasteiger charge is -2.15. The van der Waals surface area contributed by atoms with Gasteiger partial charge in [0.25, 0.3) is 5.91 Å². The number of hydrogen-bond donors (Lipinski definition) is 2. The minimum absolute atomic E-state index is 0.00218. The third-order valence-corrected chi connectivity index (χ3v) is 5.93. The fraction of sp³-hybridized carbons (Fsp3) is 0.136. The number of pyridine rings is 1. The molecule has 0 saturated heterocycles. The molecule has 0 spiro atoms. The maximum absolute atomic E-state index is 12.9. The van der Waals surface area contributed by atoms with E-state index in [-0.39, 0.29) is 11.1 Å². The summed E-state index contributed by atoms with van der Waals surface area (Å²) in [6.45, 7) is 0.474. The van der Waals surface area contributed by atoms with E-state index in [4.69, 9.17) is 5.84 Å². The highest BCUT2D eigenvalue weighted by Gasteiger charge is 2.21. The van der Waals surface area contributed by atoms with Gasteiger partial charge >= 0.3 is 0 Å². The van der Waals surface area contributed by atoms with Crippen molar-refractivity contribution >= 4 is 32.7 Å². The van der Waals surface area contributed by atoms with E-state index in [9.17, 15) is 9.59 Å². The first-order valence-corrected chi connectivity index (χ1v) is 10.2. The molecule has 3 N–H and O–H groups in total. The van der Waals surface area contributed by atoms with E-state index >= 15 is 0 Å². The number of hydrogen-bond acceptors (Lipinski definition) is 6. The highest BCUT2D eigenvalue weighted by atomic mass is 32.1. The van der Waals surface area contributed by atoms with Crippen molar-refractivity contribution in [3.63, 3.8) is 0 Å². The lowest BCUT2D eigenvalue weighted by molar-refractivity contribution is 0.0793. The van der Waals surface area contributed by atoms with Gasteiger partial charge in [0.2, 0.25) is 5.43 Å². The Hall–Kier alpha value is -3.49. The molecule has 2 aromatic heterocycles. The fourth-order valence-corrected chi connectivity index (χ4v) is 4.25. The summed E-state index contributed by atoms with van der Waals surface area (Å²) in [4.78, 5) is 30.5. The van der Waals surface area contributed by atoms with Gasteiger partial charge in [-0.25, -0.2) is 10.8 Å². The molecule has 4 aromatic rings. The first-order valence-electron chi connectivity index (χ1n) is 9.37. The highest BCUT2D eigenvalue weighted by Crippen LogP contribution is 2.28. The van der Waals surface area contributed by atoms with E-state index in [0.717, 1.165) is 21.7 Å². The van der Waals surface area contributed by atoms with Crippen molar-refractivity contribution < 1.29 is 4.79 Å². The number of hydrazine groups is 1. The van der Waals surface area contributed by atoms with Gasteiger partial charge in [0.1, 0.15) is 15.9 Å². The molecule has 0 aliphatic heterocycles. The molecule has 152 valence electrons. The number of nitrogens with two attached hydrogens (primary N) is 1. The second kappa shape index (κ2) is 8.10. The molecule has 2 aromatic carbocycles. The van der Waals surface area contributed by atoms with Crippen LogP contribution < -0.4 is 16.6 Å². The third kappa shape index (κ3) is 3.58. The monoisotopic (exact) mass is 419 g/mol. The largest absolute Gasteiger partial charge is 0.365 e. The molecule has 0 aliphatic rings. The Balaban J connectivity index is 1.90. The number of amides is 1. The van der Waals surface area contributed by atoms with E-state index in [1.54, 1.807) is 13.2 Å². The maximum Gasteiger partial charge on any atom is 0.273 e. The van der Waals surface area contributed by atoms with Gasteiger partial charge in [-0.05, 0) is 16.7 Å². The number of carbonyl (C=O) groups is 1. The average molecular weight is 420 g/mol. The van der Waals surface area contributed by atoms with Crippen LogP contribution in [0.4, 0.5) is 5.13 Å². The summed E-state index contributed by atoms with van der Waals surface area (Å²) in [5.41, 5.74) is 3.09. The van der Waals surface area contributed by atoms with Crippen molar-refractivity contribution in [3.8, 4) is 11.1 Å². The molecule has 8 heteroatoms. The van der Waals surface area contributed by atoms with Crippen molar-refractivity contribution in [3.05, 3.63) is 82.1 Å². The van der Waals surface area contributed by atoms with Gasteiger partial charge in [-0.15, -0.1) is 0 Å². The van der Waals surface area contributed by atoms with Crippen LogP contribution in [0.5, 0.6) is 0 Å². The smallest absolute Gasteiger partial charge is 0.273 e. The molecule has 0 bridgehead atoms. The van der Waals surface area contributed by atoms with E-state index in [1.165, 1.54) is 18.4 Å². The van der Waals surface area contributed by atoms with E-state index in [0.29, 0.717) is 16.5 Å². The molecule has 0 unspecified atom stereocenters. The van der Waals surface area contributed by atoms with Gasteiger partial charge in [-0.3, -0.25) is 14.6 Å². The van der Waals surface area contributed by atoms with E-state index in [2.05, 4.69) is 28.5 Å². The zero-order chi connectivity index (χ0) is 21.3. The average Bonchev–Trinajstić information content (AvgIpc) is 3.21. The topological polar surface area (TPSA) is 93.2 Å². The van der Waals surface area contributed by atoms with Crippen LogP contribution >= 0.6 is 11.3 Å². The Labute approximate surface area is 177 Å². The Morgan fingerprint density at radius 3 is 2.57 bits per heavy atom. The van der Waals surface area contributed by atoms with Gasteiger partial charge in [-0.1, -0.05) is 65.9 Å². The van der Waals surface area contributed by atoms with Crippen LogP contribution in [0.2, 0.25) is 0 Å². The molecular weight excluding hydrogens is 398 g/mol. The molecule has 2 heterocycles. The second-order valence-corrected chi connectivity index (χ2v) is 7.84. The van der Waals surface area contributed by atoms with Gasteiger partial charge in [0.05, 0.1) is 0 Å². The molecule has 0 saturated carbocycles. The number of nitrogens with one attached hydrogen (secondary N) is 1. The Morgan fingerprint density at radius 2 is 1.87 bits per heavy atom. The number of thiazole rings is 1. The number of anilines is 1. The minimum Gasteiger partial charge on any atom is -0.365 e. The first kappa shape index (κ1) is 19.8. The van der Waals surface area contributed by atoms with Crippen molar-refractivity contribution in [2.75, 3.05) is 19.4 Å². The molecule has 4 rings (SSSR count). The van der Waals surface area contributed by atoms with Crippen molar-refractivity contribution in [2.45, 2.75) is 6.54 Å². The quantitative estimate of drug-likeness (QED) is 0.294. The van der Waals surface area contributed by atoms with Gasteiger partial charge in [-0.2, -0.15) is 0 Å². The third-order valence-electron chi connectivity index (χ3n) is 4.82. The zero-order valence-corrected chi connectivity index (χ0v) is 17.4. The predicted octanol–water partition coefficient (Wildman–Crippen LogP) is 3.16. The summed E-state index contributed by atoms with van der Waals surface area (Å²) < 4.78 is 1.90. The first-order chi connectivity index (χ1) is 14.5. The zero-order valence-electron chi connectivity index (χ0n) is 16.6. The van der Waals surface area contributed by atoms with Crippen LogP contribution in [-0.4, -0.2) is 34.6 Å². The lowest BCUT2D eigenvalue weighted by atomic mass is 9.99. The number of carbonyl (C=O) groups excluding carboxylic acids is 1. The molecule has 30 heavy (non-hydrogen) atoms. The van der Waals surface area contributed by atoms with Crippen molar-refractivity contribution in [1.82, 2.24) is 14.6 Å². The molecular formula is C22H21N5O2S. The number of rotatable bonds is 5. The van der Waals surface area contributed by atoms with E-state index < -0.39 is 11.3 Å². The minimum atomic E-state index is -0.550. The maximum atomic E-state index is 12.9. The molecule has 0 radical (unpaired) electrons. The standard InChI is InChI=1S/C22H21N5O2S/c1-24-22-25-18-19(28)17(20(29)26(2)23)13-27(21(18)30-22)12-15-10-6-7-11-16(15)14-8-4-3-5-9-14/h3-11,13H,12,23H2,1-2H3,(H,24,25). The summed E-state index contributed by atoms with van der Waals surface area (Å²) in [5.74, 6) is 5.07. The van der Waals surface area contributed by atoms with Crippen LogP contribution in [0.15, 0.2) is 65.6 Å². The second-order valence-electron chi connectivity index (χ2n) is 6.86. The van der Waals surface area contributed by atoms with Crippen LogP contribution in [-0.2, 0) is 6.54 Å². The van der Waals surface area contributed by atoms with E-state index in [1.807, 2.05) is 41.0 Å². The van der Waals surface area contributed by atoms with Crippen LogP contribution in [0, 0.1) is 0 Å². The normalized spacial score (nSPS) is 10.9. The predicted molar refractivity (Wildman–Crippen MR) is 121 cm³/mol. The number of benzene rings is 2. The van der Waals surface area contributed by atoms with Crippen LogP contribution in [0.3, 0.4) is 0 Å². The summed E-state index contributed by atoms with van der Waals surface area (Å²) in [6, 6.07) is 18.2. The fourth-order valence-electron chi connectivity index (χ4n) is 3.36. The number of fused-ring (bicyclic) bond motifs is 1. The molecule has 1 amide bonds. The van der Waals surface area contributed by atoms with Crippen molar-refractivity contribution in [1.29, 1.82) is 0 Å². The summed E-state index contributed by atoms with van der Waals surface area (Å²) in [5, 5.41) is 4.50. The van der Waals surface area contributed by atoms with Crippen molar-refractivity contribution in [2.24, 2.45) is 5.84 Å². The number of nitrogens with zero attached hydrogens (tertiary/aromatic N) is 3. The van der Waals surface area contributed by atoms with Gasteiger partial charge < -0.3 is 9.88 Å². The van der Waals surface area contributed by atoms with Crippen LogP contribution in [0.1, 0.15) is 15.9 Å². The summed E-state index contributed by atoms with van der Waals surface area (Å²) in [7, 11) is 3.16. The highest BCUT2D eigenvalue weighted by molar-refractivity contribution is 7.21. The summed E-state index contributed by atoms with van der Waals surface area (Å²) in [6.07, 6.45) is 1.58. The molecule has 0 aliphatic carbocycles. The Morgan fingerprint density at radius 1 is 1.17 bits per heavy atom. The lowest BCUT2D eigenvalue weighted by Crippen LogP contribution is -2.36. The van der Waals surface area contributed by atoms with Gasteiger partial charge in [0, 0.05) is 26.8 Å². The molecule has 0 atom stereocenters. The SMILES string of the molecule is CNc1nc2c(=O)c(C(=O)N(C)N)cn(Cc3ccccc3-c3ccccc3)c2s1. The van der Waals surface area contributed by atoms with Crippen LogP contribution in [0.25, 0.3) is 21.5 Å². The molecule has 7 nitrogen and oxygen atoms in total.